The second-order valence-corrected chi connectivity index (χ2v) is 11.0. The highest BCUT2D eigenvalue weighted by molar-refractivity contribution is 7.21. The van der Waals surface area contributed by atoms with Crippen LogP contribution in [0, 0.1) is 6.92 Å². The number of nitrogens with zero attached hydrogens (tertiary/aromatic N) is 5. The topological polar surface area (TPSA) is 101 Å². The van der Waals surface area contributed by atoms with Gasteiger partial charge in [-0.2, -0.15) is 5.10 Å². The number of hydrogen-bond donors (Lipinski definition) is 0. The van der Waals surface area contributed by atoms with Gasteiger partial charge in [0.05, 0.1) is 30.9 Å². The van der Waals surface area contributed by atoms with Crippen molar-refractivity contribution in [2.75, 3.05) is 20.2 Å². The average molecular weight is 556 g/mol. The second kappa shape index (κ2) is 11.7. The third kappa shape index (κ3) is 5.38. The minimum atomic E-state index is -0.953. The summed E-state index contributed by atoms with van der Waals surface area (Å²) in [6.07, 6.45) is 6.20. The molecular weight excluding hydrogens is 518 g/mol. The van der Waals surface area contributed by atoms with Crippen molar-refractivity contribution in [2.45, 2.75) is 72.3 Å². The predicted octanol–water partition coefficient (Wildman–Crippen LogP) is 3.80. The van der Waals surface area contributed by atoms with E-state index < -0.39 is 23.4 Å². The van der Waals surface area contributed by atoms with E-state index in [9.17, 15) is 14.4 Å². The molecule has 10 nitrogen and oxygen atoms in total. The first-order chi connectivity index (χ1) is 18.6. The van der Waals surface area contributed by atoms with E-state index in [2.05, 4.69) is 11.7 Å². The lowest BCUT2D eigenvalue weighted by Crippen LogP contribution is -2.47. The number of thiophene rings is 1. The SMILES string of the molecule is C=C/C(=C(\C)OC)[C@H](Cn1c(=O)n(C(C)C(=O)N2CCCC2)c(=O)c2c(C)c(-n3cccn3)sc21)OC(C)C. The molecule has 210 valence electrons. The van der Waals surface area contributed by atoms with Gasteiger partial charge in [-0.05, 0) is 53.5 Å². The summed E-state index contributed by atoms with van der Waals surface area (Å²) in [5, 5.41) is 5.46. The molecule has 0 bridgehead atoms. The van der Waals surface area contributed by atoms with Crippen LogP contribution in [0.2, 0.25) is 0 Å². The Morgan fingerprint density at radius 3 is 2.49 bits per heavy atom. The summed E-state index contributed by atoms with van der Waals surface area (Å²) in [6.45, 7) is 14.4. The van der Waals surface area contributed by atoms with Gasteiger partial charge in [0.25, 0.3) is 5.56 Å². The molecule has 0 saturated carbocycles. The molecule has 3 aromatic heterocycles. The molecule has 1 unspecified atom stereocenters. The molecule has 1 aliphatic heterocycles. The third-order valence-corrected chi connectivity index (χ3v) is 8.46. The summed E-state index contributed by atoms with van der Waals surface area (Å²) in [6, 6.07) is 0.846. The highest BCUT2D eigenvalue weighted by atomic mass is 32.1. The molecule has 0 spiro atoms. The number of aromatic nitrogens is 4. The van der Waals surface area contributed by atoms with Crippen molar-refractivity contribution in [1.29, 1.82) is 0 Å². The van der Waals surface area contributed by atoms with E-state index in [1.807, 2.05) is 27.7 Å². The van der Waals surface area contributed by atoms with Crippen molar-refractivity contribution in [3.8, 4) is 5.00 Å². The molecule has 0 N–H and O–H groups in total. The Morgan fingerprint density at radius 2 is 1.92 bits per heavy atom. The maximum absolute atomic E-state index is 14.2. The molecule has 1 fully saturated rings. The number of aryl methyl sites for hydroxylation is 1. The van der Waals surface area contributed by atoms with Crippen LogP contribution in [0.3, 0.4) is 0 Å². The van der Waals surface area contributed by atoms with Gasteiger partial charge in [-0.1, -0.05) is 24.0 Å². The lowest BCUT2D eigenvalue weighted by Gasteiger charge is -2.26. The van der Waals surface area contributed by atoms with E-state index >= 15 is 0 Å². The van der Waals surface area contributed by atoms with Crippen LogP contribution in [0.15, 0.2) is 52.0 Å². The normalized spacial score (nSPS) is 16.0. The first kappa shape index (κ1) is 28.6. The zero-order valence-corrected chi connectivity index (χ0v) is 24.3. The van der Waals surface area contributed by atoms with Crippen LogP contribution < -0.4 is 11.2 Å². The van der Waals surface area contributed by atoms with Gasteiger partial charge in [-0.3, -0.25) is 14.2 Å². The highest BCUT2D eigenvalue weighted by Gasteiger charge is 2.31. The Bertz CT molecular complexity index is 1510. The van der Waals surface area contributed by atoms with Crippen LogP contribution in [0.5, 0.6) is 0 Å². The fourth-order valence-corrected chi connectivity index (χ4v) is 6.35. The Labute approximate surface area is 231 Å². The number of amides is 1. The Morgan fingerprint density at radius 1 is 1.23 bits per heavy atom. The summed E-state index contributed by atoms with van der Waals surface area (Å²) in [5.41, 5.74) is 0.357. The molecule has 39 heavy (non-hydrogen) atoms. The van der Waals surface area contributed by atoms with Crippen molar-refractivity contribution in [1.82, 2.24) is 23.8 Å². The number of likely N-dealkylation sites (tertiary alicyclic amines) is 1. The number of fused-ring (bicyclic) bond motifs is 1. The van der Waals surface area contributed by atoms with E-state index in [0.29, 0.717) is 40.2 Å². The van der Waals surface area contributed by atoms with Crippen molar-refractivity contribution in [3.63, 3.8) is 0 Å². The molecule has 3 aromatic rings. The number of methoxy groups -OCH3 is 1. The van der Waals surface area contributed by atoms with Crippen LogP contribution in [-0.4, -0.2) is 62.1 Å². The summed E-state index contributed by atoms with van der Waals surface area (Å²) in [7, 11) is 1.57. The van der Waals surface area contributed by atoms with E-state index in [4.69, 9.17) is 9.47 Å². The van der Waals surface area contributed by atoms with Gasteiger partial charge in [-0.25, -0.2) is 14.0 Å². The molecule has 1 saturated heterocycles. The van der Waals surface area contributed by atoms with Crippen LogP contribution in [-0.2, 0) is 20.8 Å². The largest absolute Gasteiger partial charge is 0.501 e. The molecular formula is C28H37N5O5S. The van der Waals surface area contributed by atoms with Crippen LogP contribution in [0.25, 0.3) is 15.2 Å². The lowest BCUT2D eigenvalue weighted by atomic mass is 10.1. The molecule has 1 amide bonds. The second-order valence-electron chi connectivity index (χ2n) is 10.0. The third-order valence-electron chi connectivity index (χ3n) is 7.16. The van der Waals surface area contributed by atoms with E-state index in [1.165, 1.54) is 11.3 Å². The number of allylic oxidation sites excluding steroid dienone is 1. The van der Waals surface area contributed by atoms with Gasteiger partial charge in [0.2, 0.25) is 5.91 Å². The molecule has 4 rings (SSSR count). The van der Waals surface area contributed by atoms with E-state index in [1.54, 1.807) is 52.7 Å². The minimum Gasteiger partial charge on any atom is -0.501 e. The molecule has 1 aliphatic rings. The van der Waals surface area contributed by atoms with E-state index in [0.717, 1.165) is 22.4 Å². The van der Waals surface area contributed by atoms with Crippen molar-refractivity contribution < 1.29 is 14.3 Å². The summed E-state index contributed by atoms with van der Waals surface area (Å²) in [5.74, 6) is 0.389. The zero-order chi connectivity index (χ0) is 28.4. The number of carbonyl (C=O) groups excluding carboxylic acids is 1. The minimum absolute atomic E-state index is 0.0962. The average Bonchev–Trinajstić information content (AvgIpc) is 3.67. The summed E-state index contributed by atoms with van der Waals surface area (Å²) in [4.78, 5) is 43.7. The molecule has 0 radical (unpaired) electrons. The predicted molar refractivity (Wildman–Crippen MR) is 153 cm³/mol. The van der Waals surface area contributed by atoms with E-state index in [-0.39, 0.29) is 18.6 Å². The zero-order valence-electron chi connectivity index (χ0n) is 23.5. The van der Waals surface area contributed by atoms with Crippen molar-refractivity contribution >= 4 is 27.5 Å². The van der Waals surface area contributed by atoms with Gasteiger partial charge >= 0.3 is 5.69 Å². The Hall–Kier alpha value is -3.44. The summed E-state index contributed by atoms with van der Waals surface area (Å²) < 4.78 is 16.1. The van der Waals surface area contributed by atoms with Gasteiger partial charge in [0.1, 0.15) is 22.0 Å². The van der Waals surface area contributed by atoms with Gasteiger partial charge in [0, 0.05) is 36.6 Å². The highest BCUT2D eigenvalue weighted by Crippen LogP contribution is 2.32. The van der Waals surface area contributed by atoms with Crippen molar-refractivity contribution in [3.05, 3.63) is 68.8 Å². The molecule has 0 aliphatic carbocycles. The fraction of sp³-hybridized carbons (Fsp3) is 0.500. The Balaban J connectivity index is 1.99. The van der Waals surface area contributed by atoms with Crippen LogP contribution in [0.1, 0.15) is 52.1 Å². The fourth-order valence-electron chi connectivity index (χ4n) is 5.10. The number of carbonyl (C=O) groups is 1. The van der Waals surface area contributed by atoms with Crippen LogP contribution in [0.4, 0.5) is 0 Å². The summed E-state index contributed by atoms with van der Waals surface area (Å²) >= 11 is 1.31. The number of ether oxygens (including phenoxy) is 2. The number of hydrogen-bond acceptors (Lipinski definition) is 7. The molecule has 4 heterocycles. The molecule has 2 atom stereocenters. The number of rotatable bonds is 10. The standard InChI is InChI=1S/C28H37N5O5S/c1-8-21(20(6)37-7)22(38-17(2)3)16-31-27-23(18(4)26(39-27)32-15-11-12-29-32)25(35)33(28(31)36)19(5)24(34)30-13-9-10-14-30/h8,11-12,15,17,19,22H,1,9-10,13-14,16H2,2-7H3/b21-20-/t19?,22-/m0/s1. The van der Waals surface area contributed by atoms with Crippen LogP contribution >= 0.6 is 11.3 Å². The molecule has 11 heteroatoms. The monoisotopic (exact) mass is 555 g/mol. The first-order valence-electron chi connectivity index (χ1n) is 13.2. The first-order valence-corrected chi connectivity index (χ1v) is 14.0. The Kier molecular flexibility index (Phi) is 8.60. The lowest BCUT2D eigenvalue weighted by molar-refractivity contribution is -0.133. The van der Waals surface area contributed by atoms with Gasteiger partial charge in [-0.15, -0.1) is 0 Å². The molecule has 0 aromatic carbocycles. The smallest absolute Gasteiger partial charge is 0.332 e. The maximum Gasteiger partial charge on any atom is 0.332 e. The van der Waals surface area contributed by atoms with Crippen molar-refractivity contribution in [2.24, 2.45) is 0 Å². The maximum atomic E-state index is 14.2. The van der Waals surface area contributed by atoms with Gasteiger partial charge < -0.3 is 14.4 Å². The van der Waals surface area contributed by atoms with Gasteiger partial charge in [0.15, 0.2) is 0 Å². The quantitative estimate of drug-likeness (QED) is 0.279.